The minimum atomic E-state index is 0.748. The average molecular weight is 276 g/mol. The molecule has 4 heteroatoms. The molecule has 1 aliphatic rings. The van der Waals surface area contributed by atoms with E-state index in [2.05, 4.69) is 35.2 Å². The lowest BCUT2D eigenvalue weighted by atomic mass is 9.87. The van der Waals surface area contributed by atoms with E-state index in [1.807, 2.05) is 7.05 Å². The van der Waals surface area contributed by atoms with Crippen LogP contribution >= 0.6 is 0 Å². The zero-order valence-electron chi connectivity index (χ0n) is 13.2. The second kappa shape index (κ2) is 7.70. The molecule has 112 valence electrons. The summed E-state index contributed by atoms with van der Waals surface area (Å²) in [5.41, 5.74) is 2.66. The van der Waals surface area contributed by atoms with E-state index in [1.165, 1.54) is 17.7 Å². The summed E-state index contributed by atoms with van der Waals surface area (Å²) in [6, 6.07) is 0. The van der Waals surface area contributed by atoms with E-state index >= 15 is 0 Å². The molecule has 20 heavy (non-hydrogen) atoms. The van der Waals surface area contributed by atoms with Crippen molar-refractivity contribution >= 4 is 0 Å². The molecular weight excluding hydrogens is 248 g/mol. The number of aromatic nitrogens is 2. The smallest absolute Gasteiger partial charge is 0.129 e. The fraction of sp³-hybridized carbons (Fsp3) is 0.750. The maximum absolute atomic E-state index is 4.79. The Hall–Kier alpha value is -1.00. The van der Waals surface area contributed by atoms with Crippen LogP contribution < -0.4 is 5.32 Å². The van der Waals surface area contributed by atoms with Crippen LogP contribution in [0.4, 0.5) is 0 Å². The van der Waals surface area contributed by atoms with Gasteiger partial charge in [-0.3, -0.25) is 0 Å². The SMILES string of the molecule is CCN(CC)CCc1ncc2c(n1)CCC(CNC)C2. The monoisotopic (exact) mass is 276 g/mol. The summed E-state index contributed by atoms with van der Waals surface area (Å²) in [6.45, 7) is 8.79. The molecule has 1 heterocycles. The molecule has 1 aliphatic carbocycles. The van der Waals surface area contributed by atoms with Gasteiger partial charge in [-0.25, -0.2) is 9.97 Å². The van der Waals surface area contributed by atoms with Gasteiger partial charge in [-0.05, 0) is 57.4 Å². The number of hydrogen-bond donors (Lipinski definition) is 1. The largest absolute Gasteiger partial charge is 0.319 e. The summed E-state index contributed by atoms with van der Waals surface area (Å²) in [6.07, 6.45) is 6.53. The summed E-state index contributed by atoms with van der Waals surface area (Å²) in [5, 5.41) is 3.28. The summed E-state index contributed by atoms with van der Waals surface area (Å²) >= 11 is 0. The zero-order valence-corrected chi connectivity index (χ0v) is 13.2. The lowest BCUT2D eigenvalue weighted by Crippen LogP contribution is -2.27. The Labute approximate surface area is 123 Å². The zero-order chi connectivity index (χ0) is 14.4. The fourth-order valence-electron chi connectivity index (χ4n) is 3.01. The van der Waals surface area contributed by atoms with Gasteiger partial charge in [0.2, 0.25) is 0 Å². The van der Waals surface area contributed by atoms with Gasteiger partial charge in [0.1, 0.15) is 5.82 Å². The highest BCUT2D eigenvalue weighted by atomic mass is 15.1. The molecule has 2 rings (SSSR count). The average Bonchev–Trinajstić information content (AvgIpc) is 2.48. The van der Waals surface area contributed by atoms with Crippen LogP contribution in [-0.4, -0.2) is 48.1 Å². The standard InChI is InChI=1S/C16H28N4/c1-4-20(5-2)9-8-16-18-12-14-10-13(11-17-3)6-7-15(14)19-16/h12-13,17H,4-11H2,1-3H3. The molecule has 1 aromatic heterocycles. The molecular formula is C16H28N4. The number of hydrogen-bond acceptors (Lipinski definition) is 4. The number of fused-ring (bicyclic) bond motifs is 1. The van der Waals surface area contributed by atoms with Gasteiger partial charge < -0.3 is 10.2 Å². The minimum Gasteiger partial charge on any atom is -0.319 e. The van der Waals surface area contributed by atoms with Gasteiger partial charge in [0.05, 0.1) is 0 Å². The first kappa shape index (κ1) is 15.4. The van der Waals surface area contributed by atoms with Gasteiger partial charge in [0, 0.05) is 24.9 Å². The minimum absolute atomic E-state index is 0.748. The van der Waals surface area contributed by atoms with Crippen molar-refractivity contribution < 1.29 is 0 Å². The van der Waals surface area contributed by atoms with Crippen molar-refractivity contribution in [1.82, 2.24) is 20.2 Å². The second-order valence-electron chi connectivity index (χ2n) is 5.70. The van der Waals surface area contributed by atoms with E-state index in [0.717, 1.165) is 57.2 Å². The van der Waals surface area contributed by atoms with Crippen LogP contribution in [-0.2, 0) is 19.3 Å². The van der Waals surface area contributed by atoms with Gasteiger partial charge in [-0.2, -0.15) is 0 Å². The van der Waals surface area contributed by atoms with Crippen molar-refractivity contribution in [2.24, 2.45) is 5.92 Å². The Morgan fingerprint density at radius 1 is 1.35 bits per heavy atom. The van der Waals surface area contributed by atoms with E-state index in [4.69, 9.17) is 4.98 Å². The highest BCUT2D eigenvalue weighted by molar-refractivity contribution is 5.21. The van der Waals surface area contributed by atoms with Crippen molar-refractivity contribution in [3.05, 3.63) is 23.3 Å². The number of rotatable bonds is 7. The molecule has 0 amide bonds. The van der Waals surface area contributed by atoms with Crippen molar-refractivity contribution in [3.8, 4) is 0 Å². The van der Waals surface area contributed by atoms with Crippen molar-refractivity contribution in [1.29, 1.82) is 0 Å². The number of aryl methyl sites for hydroxylation is 1. The highest BCUT2D eigenvalue weighted by Gasteiger charge is 2.19. The molecule has 0 radical (unpaired) electrons. The topological polar surface area (TPSA) is 41.1 Å². The molecule has 1 atom stereocenters. The van der Waals surface area contributed by atoms with Crippen molar-refractivity contribution in [3.63, 3.8) is 0 Å². The van der Waals surface area contributed by atoms with E-state index in [0.29, 0.717) is 0 Å². The van der Waals surface area contributed by atoms with E-state index in [9.17, 15) is 0 Å². The Bertz CT molecular complexity index is 415. The predicted molar refractivity (Wildman–Crippen MR) is 83.0 cm³/mol. The van der Waals surface area contributed by atoms with Gasteiger partial charge in [-0.15, -0.1) is 0 Å². The maximum Gasteiger partial charge on any atom is 0.129 e. The first-order chi connectivity index (χ1) is 9.76. The van der Waals surface area contributed by atoms with Crippen molar-refractivity contribution in [2.45, 2.75) is 39.5 Å². The van der Waals surface area contributed by atoms with Crippen LogP contribution in [0.2, 0.25) is 0 Å². The van der Waals surface area contributed by atoms with Gasteiger partial charge in [0.15, 0.2) is 0 Å². The molecule has 1 N–H and O–H groups in total. The summed E-state index contributed by atoms with van der Waals surface area (Å²) in [5.74, 6) is 1.76. The van der Waals surface area contributed by atoms with E-state index in [1.54, 1.807) is 0 Å². The van der Waals surface area contributed by atoms with Gasteiger partial charge in [-0.1, -0.05) is 13.8 Å². The van der Waals surface area contributed by atoms with Crippen LogP contribution in [0.3, 0.4) is 0 Å². The van der Waals surface area contributed by atoms with Crippen LogP contribution in [0.15, 0.2) is 6.20 Å². The predicted octanol–water partition coefficient (Wildman–Crippen LogP) is 1.69. The quantitative estimate of drug-likeness (QED) is 0.823. The molecule has 1 unspecified atom stereocenters. The summed E-state index contributed by atoms with van der Waals surface area (Å²) < 4.78 is 0. The Morgan fingerprint density at radius 3 is 2.85 bits per heavy atom. The van der Waals surface area contributed by atoms with Crippen LogP contribution in [0.5, 0.6) is 0 Å². The molecule has 0 spiro atoms. The van der Waals surface area contributed by atoms with Crippen LogP contribution in [0.25, 0.3) is 0 Å². The second-order valence-corrected chi connectivity index (χ2v) is 5.70. The Morgan fingerprint density at radius 2 is 2.15 bits per heavy atom. The molecule has 0 fully saturated rings. The number of nitrogens with zero attached hydrogens (tertiary/aromatic N) is 3. The first-order valence-corrected chi connectivity index (χ1v) is 7.97. The Balaban J connectivity index is 1.95. The molecule has 1 aromatic rings. The third kappa shape index (κ3) is 4.00. The lowest BCUT2D eigenvalue weighted by Gasteiger charge is -2.24. The number of nitrogens with one attached hydrogen (secondary N) is 1. The molecule has 0 aromatic carbocycles. The number of likely N-dealkylation sites (N-methyl/N-ethyl adjacent to an activating group) is 1. The fourth-order valence-corrected chi connectivity index (χ4v) is 3.01. The van der Waals surface area contributed by atoms with Crippen molar-refractivity contribution in [2.75, 3.05) is 33.2 Å². The molecule has 0 saturated heterocycles. The lowest BCUT2D eigenvalue weighted by molar-refractivity contribution is 0.305. The van der Waals surface area contributed by atoms with E-state index < -0.39 is 0 Å². The van der Waals surface area contributed by atoms with Gasteiger partial charge >= 0.3 is 0 Å². The third-order valence-corrected chi connectivity index (χ3v) is 4.34. The summed E-state index contributed by atoms with van der Waals surface area (Å²) in [7, 11) is 2.03. The van der Waals surface area contributed by atoms with Crippen LogP contribution in [0.1, 0.15) is 37.4 Å². The molecule has 0 aliphatic heterocycles. The third-order valence-electron chi connectivity index (χ3n) is 4.34. The molecule has 0 saturated carbocycles. The van der Waals surface area contributed by atoms with E-state index in [-0.39, 0.29) is 0 Å². The molecule has 0 bridgehead atoms. The van der Waals surface area contributed by atoms with Crippen LogP contribution in [0, 0.1) is 5.92 Å². The normalized spacial score (nSPS) is 18.3. The first-order valence-electron chi connectivity index (χ1n) is 7.97. The summed E-state index contributed by atoms with van der Waals surface area (Å²) in [4.78, 5) is 11.8. The highest BCUT2D eigenvalue weighted by Crippen LogP contribution is 2.23. The Kier molecular flexibility index (Phi) is 5.92. The molecule has 4 nitrogen and oxygen atoms in total. The van der Waals surface area contributed by atoms with Gasteiger partial charge in [0.25, 0.3) is 0 Å². The maximum atomic E-state index is 4.79.